The van der Waals surface area contributed by atoms with Gasteiger partial charge in [0.15, 0.2) is 17.5 Å². The Hall–Kier alpha value is -2.26. The third kappa shape index (κ3) is 3.89. The first-order valence-electron chi connectivity index (χ1n) is 8.31. The van der Waals surface area contributed by atoms with E-state index < -0.39 is 32.4 Å². The molecule has 2 aromatic rings. The van der Waals surface area contributed by atoms with Crippen LogP contribution in [0.4, 0.5) is 13.2 Å². The van der Waals surface area contributed by atoms with Crippen LogP contribution < -0.4 is 14.2 Å². The molecule has 0 saturated carbocycles. The van der Waals surface area contributed by atoms with Crippen molar-refractivity contribution in [3.63, 3.8) is 0 Å². The molecule has 0 radical (unpaired) electrons. The number of hydrogen-bond donors (Lipinski definition) is 1. The van der Waals surface area contributed by atoms with E-state index in [0.29, 0.717) is 42.2 Å². The van der Waals surface area contributed by atoms with E-state index in [0.717, 1.165) is 5.56 Å². The summed E-state index contributed by atoms with van der Waals surface area (Å²) < 4.78 is 78.3. The van der Waals surface area contributed by atoms with Crippen molar-refractivity contribution in [3.05, 3.63) is 52.8 Å². The summed E-state index contributed by atoms with van der Waals surface area (Å²) in [6.07, 6.45) is 0.708. The number of ether oxygens (including phenoxy) is 2. The Kier molecular flexibility index (Phi) is 5.34. The average Bonchev–Trinajstić information content (AvgIpc) is 2.96. The number of fused-ring (bicyclic) bond motifs is 1. The zero-order chi connectivity index (χ0) is 19.8. The van der Waals surface area contributed by atoms with Gasteiger partial charge in [-0.1, -0.05) is 0 Å². The Balaban J connectivity index is 1.88. The highest BCUT2D eigenvalue weighted by molar-refractivity contribution is 7.89. The molecule has 1 atom stereocenters. The minimum atomic E-state index is -4.41. The molecule has 1 N–H and O–H groups in total. The van der Waals surface area contributed by atoms with Gasteiger partial charge in [0, 0.05) is 24.1 Å². The van der Waals surface area contributed by atoms with E-state index in [9.17, 15) is 21.6 Å². The zero-order valence-corrected chi connectivity index (χ0v) is 15.5. The molecule has 146 valence electrons. The van der Waals surface area contributed by atoms with Gasteiger partial charge < -0.3 is 9.47 Å². The number of sulfonamides is 1. The van der Waals surface area contributed by atoms with Gasteiger partial charge in [-0.05, 0) is 38.1 Å². The van der Waals surface area contributed by atoms with E-state index >= 15 is 0 Å². The molecule has 1 aliphatic heterocycles. The van der Waals surface area contributed by atoms with Crippen molar-refractivity contribution in [2.45, 2.75) is 37.8 Å². The normalized spacial score (nSPS) is 16.1. The second-order valence-corrected chi connectivity index (χ2v) is 7.87. The summed E-state index contributed by atoms with van der Waals surface area (Å²) in [6.45, 7) is 3.83. The van der Waals surface area contributed by atoms with E-state index in [1.807, 2.05) is 6.92 Å². The molecule has 0 bridgehead atoms. The highest BCUT2D eigenvalue weighted by Crippen LogP contribution is 2.35. The smallest absolute Gasteiger partial charge is 0.243 e. The lowest BCUT2D eigenvalue weighted by atomic mass is 10.1. The van der Waals surface area contributed by atoms with Crippen molar-refractivity contribution in [3.8, 4) is 11.5 Å². The van der Waals surface area contributed by atoms with Gasteiger partial charge in [-0.15, -0.1) is 0 Å². The monoisotopic (exact) mass is 401 g/mol. The van der Waals surface area contributed by atoms with Gasteiger partial charge in [-0.2, -0.15) is 0 Å². The summed E-state index contributed by atoms with van der Waals surface area (Å²) >= 11 is 0. The summed E-state index contributed by atoms with van der Waals surface area (Å²) in [7, 11) is -4.41. The molecule has 2 aromatic carbocycles. The van der Waals surface area contributed by atoms with Crippen molar-refractivity contribution in [1.82, 2.24) is 4.72 Å². The maximum Gasteiger partial charge on any atom is 0.243 e. The predicted octanol–water partition coefficient (Wildman–Crippen LogP) is 3.30. The number of halogens is 3. The summed E-state index contributed by atoms with van der Waals surface area (Å²) in [5, 5.41) is 0. The van der Waals surface area contributed by atoms with Gasteiger partial charge >= 0.3 is 0 Å². The van der Waals surface area contributed by atoms with Crippen LogP contribution in [0.3, 0.4) is 0 Å². The standard InChI is InChI=1S/C18H18F3NO4S/c1-3-25-14-7-11-6-10(2)26-15(11)8-12(14)9-22-27(23,24)16-5-4-13(19)17(20)18(16)21/h4-5,7-8,10,22H,3,6,9H2,1-2H3/t10-/m0/s1. The highest BCUT2D eigenvalue weighted by atomic mass is 32.2. The first-order chi connectivity index (χ1) is 12.7. The number of rotatable bonds is 6. The van der Waals surface area contributed by atoms with Gasteiger partial charge in [0.05, 0.1) is 6.61 Å². The second-order valence-electron chi connectivity index (χ2n) is 6.13. The Bertz CT molecular complexity index is 979. The highest BCUT2D eigenvalue weighted by Gasteiger charge is 2.26. The SMILES string of the molecule is CCOc1cc2c(cc1CNS(=O)(=O)c1ccc(F)c(F)c1F)O[C@@H](C)C2. The summed E-state index contributed by atoms with van der Waals surface area (Å²) in [4.78, 5) is -0.967. The van der Waals surface area contributed by atoms with Crippen LogP contribution in [0.5, 0.6) is 11.5 Å². The minimum Gasteiger partial charge on any atom is -0.494 e. The predicted molar refractivity (Wildman–Crippen MR) is 91.7 cm³/mol. The molecule has 27 heavy (non-hydrogen) atoms. The molecule has 3 rings (SSSR count). The van der Waals surface area contributed by atoms with Gasteiger partial charge in [0.1, 0.15) is 22.5 Å². The van der Waals surface area contributed by atoms with Crippen LogP contribution in [0.2, 0.25) is 0 Å². The quantitative estimate of drug-likeness (QED) is 0.755. The van der Waals surface area contributed by atoms with Crippen LogP contribution in [0, 0.1) is 17.5 Å². The van der Waals surface area contributed by atoms with Crippen LogP contribution in [-0.2, 0) is 23.0 Å². The fraction of sp³-hybridized carbons (Fsp3) is 0.333. The van der Waals surface area contributed by atoms with Crippen molar-refractivity contribution in [2.24, 2.45) is 0 Å². The summed E-state index contributed by atoms with van der Waals surface area (Å²) in [6, 6.07) is 4.67. The molecule has 1 aliphatic rings. The van der Waals surface area contributed by atoms with E-state index in [1.165, 1.54) is 0 Å². The van der Waals surface area contributed by atoms with Crippen LogP contribution in [-0.4, -0.2) is 21.1 Å². The first-order valence-corrected chi connectivity index (χ1v) is 9.79. The van der Waals surface area contributed by atoms with E-state index in [2.05, 4.69) is 4.72 Å². The van der Waals surface area contributed by atoms with Gasteiger partial charge in [0.25, 0.3) is 0 Å². The van der Waals surface area contributed by atoms with Gasteiger partial charge in [-0.3, -0.25) is 0 Å². The maximum absolute atomic E-state index is 13.8. The van der Waals surface area contributed by atoms with Crippen LogP contribution >= 0.6 is 0 Å². The molecule has 5 nitrogen and oxygen atoms in total. The third-order valence-corrected chi connectivity index (χ3v) is 5.54. The summed E-state index contributed by atoms with van der Waals surface area (Å²) in [5.41, 5.74) is 1.43. The molecule has 0 aliphatic carbocycles. The van der Waals surface area contributed by atoms with Gasteiger partial charge in [-0.25, -0.2) is 26.3 Å². The lowest BCUT2D eigenvalue weighted by Gasteiger charge is -2.14. The molecular weight excluding hydrogens is 383 g/mol. The number of hydrogen-bond acceptors (Lipinski definition) is 4. The Morgan fingerprint density at radius 3 is 2.67 bits per heavy atom. The molecule has 0 spiro atoms. The molecule has 9 heteroatoms. The van der Waals surface area contributed by atoms with Crippen molar-refractivity contribution in [1.29, 1.82) is 0 Å². The Labute approximate surface area is 155 Å². The minimum absolute atomic E-state index is 0.00213. The van der Waals surface area contributed by atoms with E-state index in [1.54, 1.807) is 19.1 Å². The Morgan fingerprint density at radius 2 is 1.96 bits per heavy atom. The molecule has 0 saturated heterocycles. The average molecular weight is 401 g/mol. The molecular formula is C18H18F3NO4S. The maximum atomic E-state index is 13.8. The lowest BCUT2D eigenvalue weighted by molar-refractivity contribution is 0.254. The van der Waals surface area contributed by atoms with E-state index in [-0.39, 0.29) is 12.6 Å². The molecule has 0 amide bonds. The fourth-order valence-electron chi connectivity index (χ4n) is 2.88. The van der Waals surface area contributed by atoms with Gasteiger partial charge in [0.2, 0.25) is 10.0 Å². The van der Waals surface area contributed by atoms with Crippen LogP contribution in [0.25, 0.3) is 0 Å². The lowest BCUT2D eigenvalue weighted by Crippen LogP contribution is -2.25. The van der Waals surface area contributed by atoms with Crippen molar-refractivity contribution < 1.29 is 31.1 Å². The fourth-order valence-corrected chi connectivity index (χ4v) is 3.95. The van der Waals surface area contributed by atoms with Crippen molar-refractivity contribution in [2.75, 3.05) is 6.61 Å². The number of benzene rings is 2. The first kappa shape index (κ1) is 19.5. The Morgan fingerprint density at radius 1 is 1.22 bits per heavy atom. The van der Waals surface area contributed by atoms with Crippen molar-refractivity contribution >= 4 is 10.0 Å². The van der Waals surface area contributed by atoms with Crippen LogP contribution in [0.1, 0.15) is 25.0 Å². The zero-order valence-electron chi connectivity index (χ0n) is 14.7. The third-order valence-electron chi connectivity index (χ3n) is 4.12. The largest absolute Gasteiger partial charge is 0.494 e. The van der Waals surface area contributed by atoms with E-state index in [4.69, 9.17) is 9.47 Å². The van der Waals surface area contributed by atoms with Crippen LogP contribution in [0.15, 0.2) is 29.2 Å². The molecule has 0 aromatic heterocycles. The topological polar surface area (TPSA) is 64.6 Å². The number of nitrogens with one attached hydrogen (secondary N) is 1. The second kappa shape index (κ2) is 7.40. The summed E-state index contributed by atoms with van der Waals surface area (Å²) in [5.74, 6) is -3.97. The molecule has 0 fully saturated rings. The molecule has 0 unspecified atom stereocenters. The molecule has 1 heterocycles.